The lowest BCUT2D eigenvalue weighted by Crippen LogP contribution is -2.31. The van der Waals surface area contributed by atoms with Gasteiger partial charge in [-0.05, 0) is 42.0 Å². The van der Waals surface area contributed by atoms with Crippen molar-refractivity contribution < 1.29 is 13.2 Å². The van der Waals surface area contributed by atoms with Crippen LogP contribution in [0.15, 0.2) is 52.0 Å². The quantitative estimate of drug-likeness (QED) is 0.632. The Balaban J connectivity index is 1.84. The third kappa shape index (κ3) is 3.90. The first-order valence-electron chi connectivity index (χ1n) is 7.30. The Morgan fingerprint density at radius 2 is 2.04 bits per heavy atom. The first kappa shape index (κ1) is 18.5. The van der Waals surface area contributed by atoms with Crippen LogP contribution in [0.2, 0.25) is 5.02 Å². The number of carbonyl (C=O) groups is 1. The van der Waals surface area contributed by atoms with E-state index in [0.29, 0.717) is 15.1 Å². The van der Waals surface area contributed by atoms with Crippen molar-refractivity contribution in [1.29, 1.82) is 5.26 Å². The van der Waals surface area contributed by atoms with Gasteiger partial charge in [0.1, 0.15) is 0 Å². The van der Waals surface area contributed by atoms with Crippen LogP contribution in [0, 0.1) is 11.3 Å². The second-order valence-corrected chi connectivity index (χ2v) is 8.53. The van der Waals surface area contributed by atoms with Crippen molar-refractivity contribution in [2.24, 2.45) is 0 Å². The molecular formula is C17H11BrClN3O3S. The van der Waals surface area contributed by atoms with Crippen molar-refractivity contribution in [2.45, 2.75) is 11.3 Å². The lowest BCUT2D eigenvalue weighted by Gasteiger charge is -2.08. The predicted octanol–water partition coefficient (Wildman–Crippen LogP) is 3.50. The number of rotatable bonds is 4. The standard InChI is InChI=1S/C17H11BrClN3O3S/c18-12-3-10(8-20)4-14(6-12)26(24,25)22-17(23)5-11-9-21-16-2-1-13(19)7-15(11)16/h1-4,6-7,9,21H,5H2,(H,22,23). The molecule has 132 valence electrons. The number of amides is 1. The average molecular weight is 453 g/mol. The van der Waals surface area contributed by atoms with Gasteiger partial charge in [0.05, 0.1) is 22.9 Å². The molecule has 0 radical (unpaired) electrons. The Morgan fingerprint density at radius 3 is 2.77 bits per heavy atom. The van der Waals surface area contributed by atoms with E-state index in [1.165, 1.54) is 18.2 Å². The van der Waals surface area contributed by atoms with E-state index in [1.54, 1.807) is 24.4 Å². The van der Waals surface area contributed by atoms with Gasteiger partial charge in [-0.15, -0.1) is 0 Å². The second kappa shape index (κ2) is 7.11. The van der Waals surface area contributed by atoms with Gasteiger partial charge >= 0.3 is 0 Å². The number of aromatic nitrogens is 1. The molecular weight excluding hydrogens is 442 g/mol. The molecule has 0 bridgehead atoms. The van der Waals surface area contributed by atoms with Crippen molar-refractivity contribution in [3.8, 4) is 6.07 Å². The highest BCUT2D eigenvalue weighted by Crippen LogP contribution is 2.23. The molecule has 0 saturated carbocycles. The number of benzene rings is 2. The third-order valence-corrected chi connectivity index (χ3v) is 5.69. The van der Waals surface area contributed by atoms with E-state index >= 15 is 0 Å². The van der Waals surface area contributed by atoms with E-state index in [-0.39, 0.29) is 16.9 Å². The van der Waals surface area contributed by atoms with Gasteiger partial charge in [-0.25, -0.2) is 13.1 Å². The third-order valence-electron chi connectivity index (χ3n) is 3.64. The Kier molecular flexibility index (Phi) is 5.05. The minimum atomic E-state index is -4.10. The Hall–Kier alpha value is -2.34. The second-order valence-electron chi connectivity index (χ2n) is 5.50. The maximum Gasteiger partial charge on any atom is 0.264 e. The summed E-state index contributed by atoms with van der Waals surface area (Å²) in [5.74, 6) is -0.690. The Bertz CT molecular complexity index is 1170. The lowest BCUT2D eigenvalue weighted by atomic mass is 10.1. The highest BCUT2D eigenvalue weighted by molar-refractivity contribution is 9.10. The van der Waals surface area contributed by atoms with Crippen LogP contribution in [0.4, 0.5) is 0 Å². The van der Waals surface area contributed by atoms with Crippen LogP contribution in [-0.2, 0) is 21.2 Å². The molecule has 0 atom stereocenters. The molecule has 26 heavy (non-hydrogen) atoms. The van der Waals surface area contributed by atoms with E-state index in [2.05, 4.69) is 20.9 Å². The van der Waals surface area contributed by atoms with Crippen LogP contribution in [0.1, 0.15) is 11.1 Å². The van der Waals surface area contributed by atoms with Crippen molar-refractivity contribution in [3.63, 3.8) is 0 Å². The van der Waals surface area contributed by atoms with Gasteiger partial charge in [0.2, 0.25) is 5.91 Å². The molecule has 2 aromatic carbocycles. The molecule has 0 saturated heterocycles. The number of hydrogen-bond acceptors (Lipinski definition) is 4. The van der Waals surface area contributed by atoms with Crippen LogP contribution in [-0.4, -0.2) is 19.3 Å². The molecule has 3 rings (SSSR count). The fourth-order valence-corrected chi connectivity index (χ4v) is 4.37. The molecule has 1 heterocycles. The number of nitrogens with zero attached hydrogens (tertiary/aromatic N) is 1. The average Bonchev–Trinajstić information content (AvgIpc) is 2.95. The van der Waals surface area contributed by atoms with Crippen LogP contribution < -0.4 is 4.72 Å². The summed E-state index contributed by atoms with van der Waals surface area (Å²) < 4.78 is 27.3. The summed E-state index contributed by atoms with van der Waals surface area (Å²) in [4.78, 5) is 15.1. The van der Waals surface area contributed by atoms with Gasteiger partial charge in [0, 0.05) is 26.6 Å². The van der Waals surface area contributed by atoms with E-state index in [4.69, 9.17) is 16.9 Å². The van der Waals surface area contributed by atoms with Crippen LogP contribution in [0.5, 0.6) is 0 Å². The van der Waals surface area contributed by atoms with E-state index in [9.17, 15) is 13.2 Å². The first-order valence-corrected chi connectivity index (χ1v) is 9.96. The zero-order chi connectivity index (χ0) is 18.9. The van der Waals surface area contributed by atoms with Gasteiger partial charge in [0.25, 0.3) is 10.0 Å². The summed E-state index contributed by atoms with van der Waals surface area (Å²) in [5, 5.41) is 10.2. The molecule has 0 unspecified atom stereocenters. The maximum atomic E-state index is 12.4. The molecule has 0 fully saturated rings. The van der Waals surface area contributed by atoms with Crippen molar-refractivity contribution >= 4 is 54.4 Å². The monoisotopic (exact) mass is 451 g/mol. The lowest BCUT2D eigenvalue weighted by molar-refractivity contribution is -0.118. The van der Waals surface area contributed by atoms with Gasteiger partial charge in [0.15, 0.2) is 0 Å². The normalized spacial score (nSPS) is 11.3. The zero-order valence-electron chi connectivity index (χ0n) is 13.1. The Morgan fingerprint density at radius 1 is 1.27 bits per heavy atom. The molecule has 1 aromatic heterocycles. The maximum absolute atomic E-state index is 12.4. The van der Waals surface area contributed by atoms with Gasteiger partial charge in [-0.1, -0.05) is 27.5 Å². The molecule has 0 aliphatic carbocycles. The minimum Gasteiger partial charge on any atom is -0.361 e. The van der Waals surface area contributed by atoms with Crippen LogP contribution in [0.25, 0.3) is 10.9 Å². The predicted molar refractivity (Wildman–Crippen MR) is 101 cm³/mol. The minimum absolute atomic E-state index is 0.140. The Labute approximate surface area is 163 Å². The highest BCUT2D eigenvalue weighted by atomic mass is 79.9. The molecule has 2 N–H and O–H groups in total. The topological polar surface area (TPSA) is 103 Å². The number of sulfonamides is 1. The fraction of sp³-hybridized carbons (Fsp3) is 0.0588. The fourth-order valence-electron chi connectivity index (χ4n) is 2.50. The number of H-pyrrole nitrogens is 1. The van der Waals surface area contributed by atoms with Gasteiger partial charge in [-0.3, -0.25) is 4.79 Å². The van der Waals surface area contributed by atoms with Crippen molar-refractivity contribution in [3.05, 3.63) is 63.2 Å². The van der Waals surface area contributed by atoms with Crippen molar-refractivity contribution in [1.82, 2.24) is 9.71 Å². The number of halogens is 2. The molecule has 9 heteroatoms. The summed E-state index contributed by atoms with van der Waals surface area (Å²) in [6, 6.07) is 11.1. The summed E-state index contributed by atoms with van der Waals surface area (Å²) in [5.41, 5.74) is 1.59. The summed E-state index contributed by atoms with van der Waals surface area (Å²) in [6.07, 6.45) is 1.50. The zero-order valence-corrected chi connectivity index (χ0v) is 16.2. The molecule has 3 aromatic rings. The number of aromatic amines is 1. The smallest absolute Gasteiger partial charge is 0.264 e. The van der Waals surface area contributed by atoms with Gasteiger partial charge in [-0.2, -0.15) is 5.26 Å². The number of nitriles is 1. The van der Waals surface area contributed by atoms with Gasteiger partial charge < -0.3 is 4.98 Å². The number of hydrogen-bond donors (Lipinski definition) is 2. The summed E-state index contributed by atoms with van der Waals surface area (Å²) >= 11 is 9.12. The van der Waals surface area contributed by atoms with E-state index in [0.717, 1.165) is 10.9 Å². The number of nitrogens with one attached hydrogen (secondary N) is 2. The molecule has 6 nitrogen and oxygen atoms in total. The first-order chi connectivity index (χ1) is 12.3. The number of fused-ring (bicyclic) bond motifs is 1. The summed E-state index contributed by atoms with van der Waals surface area (Å²) in [7, 11) is -4.10. The molecule has 0 spiro atoms. The summed E-state index contributed by atoms with van der Waals surface area (Å²) in [6.45, 7) is 0. The van der Waals surface area contributed by atoms with Crippen molar-refractivity contribution in [2.75, 3.05) is 0 Å². The highest BCUT2D eigenvalue weighted by Gasteiger charge is 2.20. The molecule has 0 aliphatic rings. The van der Waals surface area contributed by atoms with Crippen LogP contribution in [0.3, 0.4) is 0 Å². The van der Waals surface area contributed by atoms with Crippen LogP contribution >= 0.6 is 27.5 Å². The van der Waals surface area contributed by atoms with E-state index < -0.39 is 15.9 Å². The number of carbonyl (C=O) groups excluding carboxylic acids is 1. The molecule has 1 amide bonds. The SMILES string of the molecule is N#Cc1cc(Br)cc(S(=O)(=O)NC(=O)Cc2c[nH]c3ccc(Cl)cc23)c1. The molecule has 0 aliphatic heterocycles. The largest absolute Gasteiger partial charge is 0.361 e. The van der Waals surface area contributed by atoms with E-state index in [1.807, 2.05) is 10.8 Å².